The Hall–Kier alpha value is -3.11. The number of halogens is 1. The van der Waals surface area contributed by atoms with Gasteiger partial charge < -0.3 is 4.74 Å². The first-order valence-electron chi connectivity index (χ1n) is 8.58. The van der Waals surface area contributed by atoms with Gasteiger partial charge in [0, 0.05) is 21.7 Å². The third-order valence-electron chi connectivity index (χ3n) is 4.41. The molecule has 1 heterocycles. The molecule has 1 aliphatic rings. The molecular formula is C22H18ClN3O. The van der Waals surface area contributed by atoms with Crippen LogP contribution in [0.2, 0.25) is 5.02 Å². The third-order valence-corrected chi connectivity index (χ3v) is 4.66. The van der Waals surface area contributed by atoms with E-state index >= 15 is 0 Å². The molecular weight excluding hydrogens is 358 g/mol. The van der Waals surface area contributed by atoms with Crippen LogP contribution >= 0.6 is 11.6 Å². The molecule has 0 spiro atoms. The predicted octanol–water partition coefficient (Wildman–Crippen LogP) is 5.09. The minimum atomic E-state index is 0.667. The highest BCUT2D eigenvalue weighted by Crippen LogP contribution is 2.29. The number of fused-ring (bicyclic) bond motifs is 1. The maximum atomic E-state index is 6.01. The number of rotatable bonds is 3. The summed E-state index contributed by atoms with van der Waals surface area (Å²) in [6.07, 6.45) is 0. The number of aliphatic imine (C=N–C) groups is 1. The zero-order chi connectivity index (χ0) is 18.8. The molecule has 0 bridgehead atoms. The highest BCUT2D eigenvalue weighted by atomic mass is 35.5. The lowest BCUT2D eigenvalue weighted by Crippen LogP contribution is -2.19. The van der Waals surface area contributed by atoms with Gasteiger partial charge in [0.25, 0.3) is 0 Å². The van der Waals surface area contributed by atoms with Crippen molar-refractivity contribution in [2.75, 3.05) is 7.11 Å². The summed E-state index contributed by atoms with van der Waals surface area (Å²) in [5.41, 5.74) is 8.79. The molecule has 134 valence electrons. The minimum Gasteiger partial charge on any atom is -0.497 e. The summed E-state index contributed by atoms with van der Waals surface area (Å²) < 4.78 is 5.41. The van der Waals surface area contributed by atoms with Gasteiger partial charge in [-0.3, -0.25) is 5.43 Å². The number of benzene rings is 3. The smallest absolute Gasteiger partial charge is 0.154 e. The Morgan fingerprint density at radius 3 is 2.30 bits per heavy atom. The number of hydrazone groups is 1. The molecule has 0 unspecified atom stereocenters. The third kappa shape index (κ3) is 3.57. The van der Waals surface area contributed by atoms with Crippen LogP contribution in [0.25, 0.3) is 0 Å². The molecule has 4 rings (SSSR count). The van der Waals surface area contributed by atoms with Crippen LogP contribution in [0.3, 0.4) is 0 Å². The number of methoxy groups -OCH3 is 1. The van der Waals surface area contributed by atoms with Gasteiger partial charge in [-0.25, -0.2) is 4.99 Å². The van der Waals surface area contributed by atoms with Crippen LogP contribution in [-0.2, 0) is 0 Å². The largest absolute Gasteiger partial charge is 0.497 e. The molecule has 5 heteroatoms. The van der Waals surface area contributed by atoms with Crippen LogP contribution in [0.5, 0.6) is 5.75 Å². The Kier molecular flexibility index (Phi) is 4.65. The molecule has 3 aromatic rings. The second-order valence-corrected chi connectivity index (χ2v) is 6.73. The van der Waals surface area contributed by atoms with Gasteiger partial charge in [0.2, 0.25) is 0 Å². The SMILES string of the molecule is COc1ccc2c(c1)C(c1ccc(C)cc1)=NNC(c1ccc(Cl)cc1)=N2. The maximum Gasteiger partial charge on any atom is 0.154 e. The zero-order valence-corrected chi connectivity index (χ0v) is 15.8. The van der Waals surface area contributed by atoms with Crippen molar-refractivity contribution in [2.24, 2.45) is 10.1 Å². The van der Waals surface area contributed by atoms with Crippen molar-refractivity contribution >= 4 is 28.8 Å². The summed E-state index contributed by atoms with van der Waals surface area (Å²) in [4.78, 5) is 4.80. The molecule has 4 nitrogen and oxygen atoms in total. The number of nitrogens with one attached hydrogen (secondary N) is 1. The van der Waals surface area contributed by atoms with Gasteiger partial charge in [0.05, 0.1) is 12.8 Å². The molecule has 0 aliphatic carbocycles. The summed E-state index contributed by atoms with van der Waals surface area (Å²) in [7, 11) is 1.65. The van der Waals surface area contributed by atoms with E-state index in [-0.39, 0.29) is 0 Å². The predicted molar refractivity (Wildman–Crippen MR) is 111 cm³/mol. The quantitative estimate of drug-likeness (QED) is 0.693. The van der Waals surface area contributed by atoms with E-state index in [0.29, 0.717) is 10.9 Å². The van der Waals surface area contributed by atoms with E-state index in [1.165, 1.54) is 5.56 Å². The number of hydrogen-bond acceptors (Lipinski definition) is 4. The van der Waals surface area contributed by atoms with Crippen LogP contribution < -0.4 is 10.2 Å². The number of hydrogen-bond donors (Lipinski definition) is 1. The first-order valence-corrected chi connectivity index (χ1v) is 8.95. The Morgan fingerprint density at radius 2 is 1.59 bits per heavy atom. The van der Waals surface area contributed by atoms with Gasteiger partial charge in [-0.2, -0.15) is 5.10 Å². The van der Waals surface area contributed by atoms with Crippen LogP contribution in [0.4, 0.5) is 5.69 Å². The summed E-state index contributed by atoms with van der Waals surface area (Å²) in [5, 5.41) is 5.35. The Balaban J connectivity index is 1.86. The lowest BCUT2D eigenvalue weighted by Gasteiger charge is -2.10. The lowest BCUT2D eigenvalue weighted by atomic mass is 9.99. The van der Waals surface area contributed by atoms with Gasteiger partial charge in [0.1, 0.15) is 11.5 Å². The van der Waals surface area contributed by atoms with Gasteiger partial charge in [-0.15, -0.1) is 0 Å². The molecule has 0 aromatic heterocycles. The van der Waals surface area contributed by atoms with E-state index < -0.39 is 0 Å². The number of ether oxygens (including phenoxy) is 1. The highest BCUT2D eigenvalue weighted by molar-refractivity contribution is 6.30. The van der Waals surface area contributed by atoms with Crippen LogP contribution in [0.15, 0.2) is 76.8 Å². The van der Waals surface area contributed by atoms with E-state index in [4.69, 9.17) is 21.3 Å². The number of amidine groups is 1. The van der Waals surface area contributed by atoms with Crippen molar-refractivity contribution in [1.82, 2.24) is 5.43 Å². The zero-order valence-electron chi connectivity index (χ0n) is 15.0. The van der Waals surface area contributed by atoms with Gasteiger partial charge in [0.15, 0.2) is 5.84 Å². The van der Waals surface area contributed by atoms with Crippen molar-refractivity contribution in [2.45, 2.75) is 6.92 Å². The van der Waals surface area contributed by atoms with E-state index in [9.17, 15) is 0 Å². The van der Waals surface area contributed by atoms with Crippen molar-refractivity contribution in [3.8, 4) is 5.75 Å². The second kappa shape index (κ2) is 7.25. The van der Waals surface area contributed by atoms with Gasteiger partial charge in [-0.1, -0.05) is 41.4 Å². The van der Waals surface area contributed by atoms with Crippen molar-refractivity contribution in [3.05, 3.63) is 94.0 Å². The molecule has 0 saturated carbocycles. The first-order chi connectivity index (χ1) is 13.1. The molecule has 0 radical (unpaired) electrons. The molecule has 0 atom stereocenters. The van der Waals surface area contributed by atoms with Gasteiger partial charge >= 0.3 is 0 Å². The topological polar surface area (TPSA) is 46.0 Å². The summed E-state index contributed by atoms with van der Waals surface area (Å²) in [6.45, 7) is 2.07. The molecule has 0 saturated heterocycles. The Bertz CT molecular complexity index is 1040. The molecule has 1 N–H and O–H groups in total. The summed E-state index contributed by atoms with van der Waals surface area (Å²) in [5.74, 6) is 1.43. The molecule has 0 fully saturated rings. The van der Waals surface area contributed by atoms with E-state index in [2.05, 4.69) is 41.7 Å². The Morgan fingerprint density at radius 1 is 0.889 bits per heavy atom. The molecule has 27 heavy (non-hydrogen) atoms. The molecule has 1 aliphatic heterocycles. The Labute approximate surface area is 163 Å². The number of nitrogens with zero attached hydrogens (tertiary/aromatic N) is 2. The van der Waals surface area contributed by atoms with Crippen molar-refractivity contribution in [1.29, 1.82) is 0 Å². The van der Waals surface area contributed by atoms with Crippen LogP contribution in [0, 0.1) is 6.92 Å². The van der Waals surface area contributed by atoms with Crippen molar-refractivity contribution in [3.63, 3.8) is 0 Å². The first kappa shape index (κ1) is 17.3. The normalized spacial score (nSPS) is 13.0. The van der Waals surface area contributed by atoms with Crippen LogP contribution in [-0.4, -0.2) is 18.7 Å². The van der Waals surface area contributed by atoms with E-state index in [1.807, 2.05) is 42.5 Å². The molecule has 0 amide bonds. The highest BCUT2D eigenvalue weighted by Gasteiger charge is 2.18. The minimum absolute atomic E-state index is 0.667. The van der Waals surface area contributed by atoms with Crippen LogP contribution in [0.1, 0.15) is 22.3 Å². The molecule has 3 aromatic carbocycles. The lowest BCUT2D eigenvalue weighted by molar-refractivity contribution is 0.415. The fourth-order valence-electron chi connectivity index (χ4n) is 2.91. The fraction of sp³-hybridized carbons (Fsp3) is 0.0909. The van der Waals surface area contributed by atoms with E-state index in [0.717, 1.165) is 33.8 Å². The maximum absolute atomic E-state index is 6.01. The average molecular weight is 376 g/mol. The van der Waals surface area contributed by atoms with Crippen molar-refractivity contribution < 1.29 is 4.74 Å². The standard InChI is InChI=1S/C22H18ClN3O/c1-14-3-5-15(6-4-14)21-19-13-18(27-2)11-12-20(19)24-22(26-25-21)16-7-9-17(23)10-8-16/h3-13H,1-2H3,(H,24,26). The average Bonchev–Trinajstić information content (AvgIpc) is 2.88. The summed E-state index contributed by atoms with van der Waals surface area (Å²) in [6, 6.07) is 21.6. The second-order valence-electron chi connectivity index (χ2n) is 6.29. The fourth-order valence-corrected chi connectivity index (χ4v) is 3.04. The summed E-state index contributed by atoms with van der Waals surface area (Å²) >= 11 is 6.01. The monoisotopic (exact) mass is 375 g/mol. The number of aryl methyl sites for hydroxylation is 1. The van der Waals surface area contributed by atoms with Gasteiger partial charge in [-0.05, 0) is 49.4 Å². The van der Waals surface area contributed by atoms with E-state index in [1.54, 1.807) is 7.11 Å².